The number of aliphatic carboxylic acids is 1. The molecule has 3 aromatic rings. The summed E-state index contributed by atoms with van der Waals surface area (Å²) in [5.74, 6) is -1.16. The molecule has 9 heteroatoms. The van der Waals surface area contributed by atoms with Crippen LogP contribution in [0.5, 0.6) is 0 Å². The number of carbonyl (C=O) groups excluding carboxylic acids is 2. The van der Waals surface area contributed by atoms with Crippen molar-refractivity contribution in [3.63, 3.8) is 0 Å². The zero-order valence-corrected chi connectivity index (χ0v) is 19.3. The summed E-state index contributed by atoms with van der Waals surface area (Å²) in [6.45, 7) is 1.69. The first kappa shape index (κ1) is 25.0. The molecule has 1 aliphatic rings. The minimum Gasteiger partial charge on any atom is -0.481 e. The van der Waals surface area contributed by atoms with Gasteiger partial charge >= 0.3 is 18.2 Å². The molecule has 0 bridgehead atoms. The highest BCUT2D eigenvalue weighted by Gasteiger charge is 2.40. The average molecular weight is 496 g/mol. The highest BCUT2D eigenvalue weighted by Crippen LogP contribution is 2.39. The fraction of sp³-hybridized carbons (Fsp3) is 0.222. The topological polar surface area (TPSA) is 95.5 Å². The SMILES string of the molecule is C[C@]1(CC(=O)O)CCc2cc(-c3ccc(NC(=O)Nc4cccc(C(F)(F)F)c4)cc3)ccc2C1=O. The maximum absolute atomic E-state index is 12.9. The number of carboxylic acid groups (broad SMARTS) is 1. The number of rotatable bonds is 5. The smallest absolute Gasteiger partial charge is 0.416 e. The lowest BCUT2D eigenvalue weighted by Gasteiger charge is -2.32. The maximum atomic E-state index is 12.9. The second-order valence-corrected chi connectivity index (χ2v) is 9.07. The zero-order chi connectivity index (χ0) is 26.1. The number of carbonyl (C=O) groups is 3. The normalized spacial score (nSPS) is 17.3. The van der Waals surface area contributed by atoms with Crippen LogP contribution < -0.4 is 10.6 Å². The summed E-state index contributed by atoms with van der Waals surface area (Å²) in [5, 5.41) is 14.1. The summed E-state index contributed by atoms with van der Waals surface area (Å²) in [5.41, 5.74) is 1.80. The predicted molar refractivity (Wildman–Crippen MR) is 129 cm³/mol. The highest BCUT2D eigenvalue weighted by molar-refractivity contribution is 6.04. The van der Waals surface area contributed by atoms with Gasteiger partial charge < -0.3 is 15.7 Å². The Bertz CT molecular complexity index is 1340. The van der Waals surface area contributed by atoms with Gasteiger partial charge in [0.05, 0.1) is 12.0 Å². The molecule has 0 saturated heterocycles. The lowest BCUT2D eigenvalue weighted by Crippen LogP contribution is -2.35. The standard InChI is InChI=1S/C27H23F3N2O4/c1-26(15-23(33)34)12-11-18-13-17(7-10-22(18)24(26)35)16-5-8-20(9-6-16)31-25(36)32-21-4-2-3-19(14-21)27(28,29)30/h2-10,13-14H,11-12,15H2,1H3,(H,33,34)(H2,31,32,36)/t26-/m1/s1. The van der Waals surface area contributed by atoms with Crippen molar-refractivity contribution in [2.24, 2.45) is 5.41 Å². The van der Waals surface area contributed by atoms with Crippen molar-refractivity contribution < 1.29 is 32.7 Å². The van der Waals surface area contributed by atoms with Crippen molar-refractivity contribution in [1.82, 2.24) is 0 Å². The van der Waals surface area contributed by atoms with Gasteiger partial charge in [0, 0.05) is 22.4 Å². The molecule has 0 aliphatic heterocycles. The molecule has 1 atom stereocenters. The molecular weight excluding hydrogens is 473 g/mol. The molecule has 2 amide bonds. The van der Waals surface area contributed by atoms with Gasteiger partial charge in [0.25, 0.3) is 0 Å². The van der Waals surface area contributed by atoms with Crippen molar-refractivity contribution in [2.75, 3.05) is 10.6 Å². The maximum Gasteiger partial charge on any atom is 0.416 e. The highest BCUT2D eigenvalue weighted by atomic mass is 19.4. The minimum absolute atomic E-state index is 0.0157. The first-order valence-corrected chi connectivity index (χ1v) is 11.2. The van der Waals surface area contributed by atoms with Gasteiger partial charge in [-0.25, -0.2) is 4.79 Å². The Morgan fingerprint density at radius 3 is 2.28 bits per heavy atom. The quantitative estimate of drug-likeness (QED) is 0.370. The van der Waals surface area contributed by atoms with E-state index in [1.165, 1.54) is 12.1 Å². The second-order valence-electron chi connectivity index (χ2n) is 9.07. The molecule has 0 radical (unpaired) electrons. The third kappa shape index (κ3) is 5.40. The lowest BCUT2D eigenvalue weighted by molar-refractivity contribution is -0.139. The van der Waals surface area contributed by atoms with E-state index in [9.17, 15) is 27.6 Å². The average Bonchev–Trinajstić information content (AvgIpc) is 2.81. The molecule has 0 unspecified atom stereocenters. The Hall–Kier alpha value is -4.14. The van der Waals surface area contributed by atoms with Gasteiger partial charge in [-0.3, -0.25) is 9.59 Å². The van der Waals surface area contributed by atoms with Crippen LogP contribution in [0.25, 0.3) is 11.1 Å². The van der Waals surface area contributed by atoms with E-state index in [4.69, 9.17) is 5.11 Å². The van der Waals surface area contributed by atoms with Crippen LogP contribution in [0, 0.1) is 5.41 Å². The van der Waals surface area contributed by atoms with Crippen LogP contribution in [0.3, 0.4) is 0 Å². The fourth-order valence-electron chi connectivity index (χ4n) is 4.37. The number of anilines is 2. The van der Waals surface area contributed by atoms with Gasteiger partial charge in [0.2, 0.25) is 0 Å². The monoisotopic (exact) mass is 496 g/mol. The fourth-order valence-corrected chi connectivity index (χ4v) is 4.37. The Morgan fingerprint density at radius 2 is 1.61 bits per heavy atom. The summed E-state index contributed by atoms with van der Waals surface area (Å²) in [6, 6.07) is 16.0. The van der Waals surface area contributed by atoms with Crippen LogP contribution in [0.2, 0.25) is 0 Å². The molecule has 3 N–H and O–H groups in total. The summed E-state index contributed by atoms with van der Waals surface area (Å²) >= 11 is 0. The summed E-state index contributed by atoms with van der Waals surface area (Å²) in [7, 11) is 0. The predicted octanol–water partition coefficient (Wildman–Crippen LogP) is 6.63. The van der Waals surface area contributed by atoms with Crippen LogP contribution in [-0.2, 0) is 17.4 Å². The van der Waals surface area contributed by atoms with Crippen molar-refractivity contribution in [2.45, 2.75) is 32.4 Å². The van der Waals surface area contributed by atoms with E-state index in [-0.39, 0.29) is 17.9 Å². The van der Waals surface area contributed by atoms with Crippen LogP contribution in [0.15, 0.2) is 66.7 Å². The van der Waals surface area contributed by atoms with Gasteiger partial charge in [-0.2, -0.15) is 13.2 Å². The first-order chi connectivity index (χ1) is 16.9. The van der Waals surface area contributed by atoms with Crippen molar-refractivity contribution in [3.05, 3.63) is 83.4 Å². The van der Waals surface area contributed by atoms with Gasteiger partial charge in [-0.05, 0) is 59.9 Å². The largest absolute Gasteiger partial charge is 0.481 e. The van der Waals surface area contributed by atoms with Crippen molar-refractivity contribution in [3.8, 4) is 11.1 Å². The van der Waals surface area contributed by atoms with Crippen LogP contribution >= 0.6 is 0 Å². The van der Waals surface area contributed by atoms with E-state index in [0.717, 1.165) is 28.8 Å². The molecule has 0 spiro atoms. The summed E-state index contributed by atoms with van der Waals surface area (Å²) in [4.78, 5) is 36.3. The Morgan fingerprint density at radius 1 is 0.944 bits per heavy atom. The van der Waals surface area contributed by atoms with E-state index in [0.29, 0.717) is 24.1 Å². The number of Topliss-reactive ketones (excluding diaryl/α,β-unsaturated/α-hetero) is 1. The Labute approximate surface area is 205 Å². The molecule has 0 fully saturated rings. The summed E-state index contributed by atoms with van der Waals surface area (Å²) in [6.07, 6.45) is -3.67. The van der Waals surface area contributed by atoms with E-state index in [1.807, 2.05) is 6.07 Å². The van der Waals surface area contributed by atoms with E-state index in [2.05, 4.69) is 10.6 Å². The number of ketones is 1. The van der Waals surface area contributed by atoms with Crippen LogP contribution in [0.4, 0.5) is 29.3 Å². The van der Waals surface area contributed by atoms with Gasteiger partial charge in [-0.1, -0.05) is 43.3 Å². The zero-order valence-electron chi connectivity index (χ0n) is 19.3. The number of nitrogens with one attached hydrogen (secondary N) is 2. The number of hydrogen-bond donors (Lipinski definition) is 3. The lowest BCUT2D eigenvalue weighted by atomic mass is 9.69. The van der Waals surface area contributed by atoms with E-state index in [1.54, 1.807) is 43.3 Å². The van der Waals surface area contributed by atoms with E-state index < -0.39 is 29.2 Å². The number of halogens is 3. The van der Waals surface area contributed by atoms with Gasteiger partial charge in [0.1, 0.15) is 0 Å². The number of aryl methyl sites for hydroxylation is 1. The molecule has 186 valence electrons. The molecule has 6 nitrogen and oxygen atoms in total. The molecular formula is C27H23F3N2O4. The van der Waals surface area contributed by atoms with Crippen molar-refractivity contribution in [1.29, 1.82) is 0 Å². The molecule has 4 rings (SSSR count). The number of amides is 2. The number of fused-ring (bicyclic) bond motifs is 1. The minimum atomic E-state index is -4.51. The van der Waals surface area contributed by atoms with Gasteiger partial charge in [0.15, 0.2) is 5.78 Å². The molecule has 3 aromatic carbocycles. The van der Waals surface area contributed by atoms with Gasteiger partial charge in [-0.15, -0.1) is 0 Å². The third-order valence-corrected chi connectivity index (χ3v) is 6.31. The van der Waals surface area contributed by atoms with Crippen LogP contribution in [0.1, 0.15) is 41.3 Å². The number of hydrogen-bond acceptors (Lipinski definition) is 3. The number of carboxylic acids is 1. The Kier molecular flexibility index (Phi) is 6.58. The first-order valence-electron chi connectivity index (χ1n) is 11.2. The molecule has 36 heavy (non-hydrogen) atoms. The Balaban J connectivity index is 1.44. The number of alkyl halides is 3. The summed E-state index contributed by atoms with van der Waals surface area (Å²) < 4.78 is 38.6. The molecule has 1 aliphatic carbocycles. The number of urea groups is 1. The molecule has 0 saturated carbocycles. The van der Waals surface area contributed by atoms with Crippen molar-refractivity contribution >= 4 is 29.2 Å². The third-order valence-electron chi connectivity index (χ3n) is 6.31. The number of benzene rings is 3. The second kappa shape index (κ2) is 9.49. The van der Waals surface area contributed by atoms with Crippen LogP contribution in [-0.4, -0.2) is 22.9 Å². The molecule has 0 heterocycles. The van der Waals surface area contributed by atoms with E-state index >= 15 is 0 Å². The molecule has 0 aromatic heterocycles.